The van der Waals surface area contributed by atoms with E-state index in [0.717, 1.165) is 11.0 Å². The Hall–Kier alpha value is -3.53. The zero-order valence-electron chi connectivity index (χ0n) is 17.9. The van der Waals surface area contributed by atoms with Crippen LogP contribution in [-0.4, -0.2) is 26.5 Å². The summed E-state index contributed by atoms with van der Waals surface area (Å²) in [6.45, 7) is 0.294. The van der Waals surface area contributed by atoms with E-state index in [1.54, 1.807) is 67.8 Å². The lowest BCUT2D eigenvalue weighted by Crippen LogP contribution is -2.29. The van der Waals surface area contributed by atoms with Crippen LogP contribution in [0.5, 0.6) is 5.75 Å². The molecule has 0 bridgehead atoms. The Morgan fingerprint density at radius 2 is 1.88 bits per heavy atom. The predicted molar refractivity (Wildman–Crippen MR) is 133 cm³/mol. The molecule has 3 rings (SSSR count). The highest BCUT2D eigenvalue weighted by atomic mass is 35.5. The standard InChI is InChI=1S/C23H24ClN5O3S/c1-32-22-10-3-5-17(14-22)11-12-33(30,31)28-21-9-4-7-19(15-21)23(25)27-29(26)16-18-6-2-8-20(24)13-18/h2-15,28H,16,26H2,1H3,(H2,25,27)/b12-11+. The average molecular weight is 486 g/mol. The monoisotopic (exact) mass is 485 g/mol. The van der Waals surface area contributed by atoms with Crippen molar-refractivity contribution in [2.24, 2.45) is 16.7 Å². The van der Waals surface area contributed by atoms with E-state index in [-0.39, 0.29) is 5.84 Å². The molecule has 33 heavy (non-hydrogen) atoms. The minimum Gasteiger partial charge on any atom is -0.497 e. The molecule has 0 amide bonds. The lowest BCUT2D eigenvalue weighted by atomic mass is 10.2. The number of hydrazine groups is 1. The number of benzene rings is 3. The second-order valence-corrected chi connectivity index (χ2v) is 9.02. The number of sulfonamides is 1. The van der Waals surface area contributed by atoms with Crippen LogP contribution in [0.2, 0.25) is 5.02 Å². The summed E-state index contributed by atoms with van der Waals surface area (Å²) in [6.07, 6.45) is 1.48. The fourth-order valence-corrected chi connectivity index (χ4v) is 3.98. The molecule has 10 heteroatoms. The number of ether oxygens (including phenoxy) is 1. The van der Waals surface area contributed by atoms with Crippen molar-refractivity contribution in [2.75, 3.05) is 11.8 Å². The molecule has 0 saturated carbocycles. The van der Waals surface area contributed by atoms with Gasteiger partial charge < -0.3 is 10.5 Å². The first kappa shape index (κ1) is 24.1. The summed E-state index contributed by atoms with van der Waals surface area (Å²) >= 11 is 5.98. The molecule has 0 unspecified atom stereocenters. The van der Waals surface area contributed by atoms with E-state index in [0.29, 0.717) is 34.1 Å². The van der Waals surface area contributed by atoms with Gasteiger partial charge in [-0.3, -0.25) is 4.72 Å². The van der Waals surface area contributed by atoms with Crippen molar-refractivity contribution in [3.8, 4) is 5.75 Å². The molecule has 0 heterocycles. The Labute approximate surface area is 198 Å². The molecule has 0 aliphatic carbocycles. The minimum atomic E-state index is -3.76. The van der Waals surface area contributed by atoms with E-state index in [1.807, 2.05) is 12.1 Å². The molecule has 3 aromatic carbocycles. The van der Waals surface area contributed by atoms with Crippen LogP contribution in [0, 0.1) is 0 Å². The lowest BCUT2D eigenvalue weighted by Gasteiger charge is -2.14. The number of hydrogen-bond donors (Lipinski definition) is 3. The van der Waals surface area contributed by atoms with Gasteiger partial charge in [0.15, 0.2) is 5.84 Å². The van der Waals surface area contributed by atoms with Crippen LogP contribution in [0.3, 0.4) is 0 Å². The summed E-state index contributed by atoms with van der Waals surface area (Å²) in [5.74, 6) is 6.71. The van der Waals surface area contributed by atoms with Gasteiger partial charge in [-0.05, 0) is 53.6 Å². The normalized spacial score (nSPS) is 12.0. The van der Waals surface area contributed by atoms with Crippen molar-refractivity contribution in [1.29, 1.82) is 0 Å². The number of anilines is 1. The van der Waals surface area contributed by atoms with E-state index in [1.165, 1.54) is 11.2 Å². The Kier molecular flexibility index (Phi) is 7.94. The molecule has 8 nitrogen and oxygen atoms in total. The third kappa shape index (κ3) is 7.53. The predicted octanol–water partition coefficient (Wildman–Crippen LogP) is 3.76. The molecule has 0 radical (unpaired) electrons. The fourth-order valence-electron chi connectivity index (χ4n) is 2.91. The van der Waals surface area contributed by atoms with E-state index < -0.39 is 10.0 Å². The van der Waals surface area contributed by atoms with Crippen LogP contribution >= 0.6 is 11.6 Å². The second-order valence-electron chi connectivity index (χ2n) is 7.02. The quantitative estimate of drug-likeness (QED) is 0.183. The number of methoxy groups -OCH3 is 1. The highest BCUT2D eigenvalue weighted by Crippen LogP contribution is 2.17. The van der Waals surface area contributed by atoms with Gasteiger partial charge >= 0.3 is 0 Å². The number of hydrazone groups is 1. The fraction of sp³-hybridized carbons (Fsp3) is 0.0870. The molecule has 0 spiro atoms. The molecule has 172 valence electrons. The third-order valence-corrected chi connectivity index (χ3v) is 5.67. The van der Waals surface area contributed by atoms with E-state index >= 15 is 0 Å². The van der Waals surface area contributed by atoms with Crippen LogP contribution in [0.15, 0.2) is 83.3 Å². The van der Waals surface area contributed by atoms with Crippen molar-refractivity contribution in [2.45, 2.75) is 6.54 Å². The molecular formula is C23H24ClN5O3S. The van der Waals surface area contributed by atoms with E-state index in [9.17, 15) is 8.42 Å². The first-order valence-electron chi connectivity index (χ1n) is 9.80. The van der Waals surface area contributed by atoms with Gasteiger partial charge in [0.05, 0.1) is 19.1 Å². The minimum absolute atomic E-state index is 0.132. The summed E-state index contributed by atoms with van der Waals surface area (Å²) in [4.78, 5) is 0. The van der Waals surface area contributed by atoms with Gasteiger partial charge in [0.1, 0.15) is 5.75 Å². The molecular weight excluding hydrogens is 462 g/mol. The average Bonchev–Trinajstić information content (AvgIpc) is 2.78. The van der Waals surface area contributed by atoms with Crippen LogP contribution in [0.4, 0.5) is 5.69 Å². The van der Waals surface area contributed by atoms with Gasteiger partial charge in [0.2, 0.25) is 0 Å². The molecule has 0 fully saturated rings. The number of halogens is 1. The van der Waals surface area contributed by atoms with E-state index in [4.69, 9.17) is 27.9 Å². The van der Waals surface area contributed by atoms with Crippen molar-refractivity contribution in [3.63, 3.8) is 0 Å². The Bertz CT molecular complexity index is 1280. The molecule has 0 saturated heterocycles. The van der Waals surface area contributed by atoms with Crippen molar-refractivity contribution < 1.29 is 13.2 Å². The largest absolute Gasteiger partial charge is 0.497 e. The summed E-state index contributed by atoms with van der Waals surface area (Å²) in [6, 6.07) is 20.8. The summed E-state index contributed by atoms with van der Waals surface area (Å²) in [7, 11) is -2.22. The second kappa shape index (κ2) is 10.9. The van der Waals surface area contributed by atoms with Crippen molar-refractivity contribution in [3.05, 3.63) is 99.9 Å². The summed E-state index contributed by atoms with van der Waals surface area (Å²) in [5.41, 5.74) is 8.47. The Morgan fingerprint density at radius 3 is 2.64 bits per heavy atom. The van der Waals surface area contributed by atoms with Gasteiger partial charge in [0.25, 0.3) is 10.0 Å². The van der Waals surface area contributed by atoms with Gasteiger partial charge in [-0.2, -0.15) is 0 Å². The van der Waals surface area contributed by atoms with Gasteiger partial charge in [-0.1, -0.05) is 48.0 Å². The number of nitrogens with two attached hydrogens (primary N) is 2. The molecule has 0 aromatic heterocycles. The molecule has 0 aliphatic rings. The van der Waals surface area contributed by atoms with Gasteiger partial charge in [-0.25, -0.2) is 19.4 Å². The van der Waals surface area contributed by atoms with Crippen molar-refractivity contribution in [1.82, 2.24) is 5.12 Å². The molecule has 5 N–H and O–H groups in total. The Balaban J connectivity index is 1.70. The third-order valence-electron chi connectivity index (χ3n) is 4.42. The van der Waals surface area contributed by atoms with Crippen LogP contribution in [-0.2, 0) is 16.6 Å². The van der Waals surface area contributed by atoms with Gasteiger partial charge in [-0.15, -0.1) is 5.10 Å². The van der Waals surface area contributed by atoms with Crippen molar-refractivity contribution >= 4 is 39.2 Å². The number of amidine groups is 1. The number of nitrogens with zero attached hydrogens (tertiary/aromatic N) is 2. The lowest BCUT2D eigenvalue weighted by molar-refractivity contribution is 0.290. The SMILES string of the molecule is COc1cccc(/C=C/S(=O)(=O)Nc2cccc(/C(N)=N/N(N)Cc3cccc(Cl)c3)c2)c1. The maximum Gasteiger partial charge on any atom is 0.255 e. The number of rotatable bonds is 9. The molecule has 0 atom stereocenters. The molecule has 3 aromatic rings. The van der Waals surface area contributed by atoms with E-state index in [2.05, 4.69) is 9.82 Å². The first-order chi connectivity index (χ1) is 15.7. The maximum absolute atomic E-state index is 12.5. The first-order valence-corrected chi connectivity index (χ1v) is 11.7. The summed E-state index contributed by atoms with van der Waals surface area (Å²) < 4.78 is 32.6. The highest BCUT2D eigenvalue weighted by molar-refractivity contribution is 7.95. The smallest absolute Gasteiger partial charge is 0.255 e. The highest BCUT2D eigenvalue weighted by Gasteiger charge is 2.09. The maximum atomic E-state index is 12.5. The summed E-state index contributed by atoms with van der Waals surface area (Å²) in [5, 5.41) is 7.03. The zero-order chi connectivity index (χ0) is 23.8. The topological polar surface area (TPSA) is 123 Å². The number of nitrogens with one attached hydrogen (secondary N) is 1. The Morgan fingerprint density at radius 1 is 1.12 bits per heavy atom. The van der Waals surface area contributed by atoms with Crippen LogP contribution in [0.25, 0.3) is 6.08 Å². The van der Waals surface area contributed by atoms with Gasteiger partial charge in [0, 0.05) is 16.3 Å². The van der Waals surface area contributed by atoms with Crippen LogP contribution < -0.4 is 21.0 Å². The molecule has 0 aliphatic heterocycles. The number of hydrogen-bond acceptors (Lipinski definition) is 6. The zero-order valence-corrected chi connectivity index (χ0v) is 19.4. The van der Waals surface area contributed by atoms with Crippen LogP contribution in [0.1, 0.15) is 16.7 Å².